The zero-order valence-electron chi connectivity index (χ0n) is 13.5. The van der Waals surface area contributed by atoms with Crippen molar-refractivity contribution < 1.29 is 13.2 Å². The molecular formula is C16H21N3O3S. The van der Waals surface area contributed by atoms with Crippen LogP contribution < -0.4 is 5.32 Å². The third-order valence-corrected chi connectivity index (χ3v) is 4.83. The molecule has 0 aliphatic heterocycles. The maximum absolute atomic E-state index is 12.2. The minimum atomic E-state index is -3.24. The molecule has 1 N–H and O–H groups in total. The molecular weight excluding hydrogens is 314 g/mol. The largest absolute Gasteiger partial charge is 0.321 e. The van der Waals surface area contributed by atoms with Gasteiger partial charge in [-0.15, -0.1) is 0 Å². The van der Waals surface area contributed by atoms with E-state index in [0.717, 1.165) is 19.1 Å². The minimum Gasteiger partial charge on any atom is -0.321 e. The lowest BCUT2D eigenvalue weighted by molar-refractivity contribution is 0.102. The number of amides is 1. The fraction of sp³-hybridized carbons (Fsp3) is 0.375. The third kappa shape index (κ3) is 4.19. The first-order chi connectivity index (χ1) is 10.8. The maximum atomic E-state index is 12.2. The van der Waals surface area contributed by atoms with Crippen LogP contribution in [0.15, 0.2) is 41.4 Å². The second-order valence-electron chi connectivity index (χ2n) is 5.40. The normalized spacial score (nSPS) is 11.7. The minimum absolute atomic E-state index is 0.216. The number of sulfone groups is 1. The monoisotopic (exact) mass is 335 g/mol. The van der Waals surface area contributed by atoms with E-state index < -0.39 is 9.84 Å². The number of nitrogens with zero attached hydrogens (tertiary/aromatic N) is 2. The predicted molar refractivity (Wildman–Crippen MR) is 89.4 cm³/mol. The van der Waals surface area contributed by atoms with Gasteiger partial charge in [-0.05, 0) is 43.2 Å². The Balaban J connectivity index is 2.10. The number of hydrogen-bond donors (Lipinski definition) is 1. The van der Waals surface area contributed by atoms with E-state index in [2.05, 4.69) is 24.3 Å². The summed E-state index contributed by atoms with van der Waals surface area (Å²) in [6.45, 7) is 4.16. The van der Waals surface area contributed by atoms with E-state index in [4.69, 9.17) is 0 Å². The summed E-state index contributed by atoms with van der Waals surface area (Å²) in [5.74, 6) is -0.318. The SMILES string of the molecule is CCC(CC)n1ccc(C(=O)Nc2ccc(S(C)(=O)=O)cc2)n1. The molecule has 1 heterocycles. The van der Waals surface area contributed by atoms with E-state index >= 15 is 0 Å². The summed E-state index contributed by atoms with van der Waals surface area (Å²) in [5.41, 5.74) is 0.864. The van der Waals surface area contributed by atoms with Crippen molar-refractivity contribution in [3.8, 4) is 0 Å². The smallest absolute Gasteiger partial charge is 0.276 e. The van der Waals surface area contributed by atoms with Crippen LogP contribution in [0.5, 0.6) is 0 Å². The van der Waals surface area contributed by atoms with Crippen LogP contribution >= 0.6 is 0 Å². The van der Waals surface area contributed by atoms with Crippen LogP contribution in [0.3, 0.4) is 0 Å². The maximum Gasteiger partial charge on any atom is 0.276 e. The quantitative estimate of drug-likeness (QED) is 0.880. The number of carbonyl (C=O) groups is 1. The topological polar surface area (TPSA) is 81.1 Å². The summed E-state index contributed by atoms with van der Waals surface area (Å²) < 4.78 is 24.6. The fourth-order valence-corrected chi connectivity index (χ4v) is 2.94. The summed E-state index contributed by atoms with van der Waals surface area (Å²) in [7, 11) is -3.24. The van der Waals surface area contributed by atoms with E-state index in [1.807, 2.05) is 4.68 Å². The van der Waals surface area contributed by atoms with Crippen molar-refractivity contribution in [2.45, 2.75) is 37.6 Å². The van der Waals surface area contributed by atoms with Crippen LogP contribution in [0.4, 0.5) is 5.69 Å². The van der Waals surface area contributed by atoms with Gasteiger partial charge in [-0.3, -0.25) is 9.48 Å². The Labute approximate surface area is 136 Å². The lowest BCUT2D eigenvalue weighted by Gasteiger charge is -2.12. The molecule has 1 aromatic carbocycles. The molecule has 7 heteroatoms. The number of hydrogen-bond acceptors (Lipinski definition) is 4. The van der Waals surface area contributed by atoms with Crippen molar-refractivity contribution in [3.63, 3.8) is 0 Å². The van der Waals surface area contributed by atoms with Crippen molar-refractivity contribution >= 4 is 21.4 Å². The van der Waals surface area contributed by atoms with Crippen molar-refractivity contribution in [2.24, 2.45) is 0 Å². The van der Waals surface area contributed by atoms with Crippen molar-refractivity contribution in [1.82, 2.24) is 9.78 Å². The van der Waals surface area contributed by atoms with Gasteiger partial charge in [0, 0.05) is 18.1 Å². The Hall–Kier alpha value is -2.15. The van der Waals surface area contributed by atoms with Crippen molar-refractivity contribution in [2.75, 3.05) is 11.6 Å². The van der Waals surface area contributed by atoms with E-state index in [1.54, 1.807) is 24.4 Å². The Bertz CT molecular complexity index is 775. The molecule has 1 aromatic heterocycles. The second kappa shape index (κ2) is 6.95. The van der Waals surface area contributed by atoms with E-state index in [-0.39, 0.29) is 16.8 Å². The van der Waals surface area contributed by atoms with Gasteiger partial charge in [0.25, 0.3) is 5.91 Å². The number of benzene rings is 1. The molecule has 0 unspecified atom stereocenters. The van der Waals surface area contributed by atoms with Crippen LogP contribution in [0.2, 0.25) is 0 Å². The molecule has 0 radical (unpaired) electrons. The van der Waals surface area contributed by atoms with E-state index in [9.17, 15) is 13.2 Å². The average molecular weight is 335 g/mol. The Morgan fingerprint density at radius 1 is 1.17 bits per heavy atom. The predicted octanol–water partition coefficient (Wildman–Crippen LogP) is 2.90. The lowest BCUT2D eigenvalue weighted by Crippen LogP contribution is -2.14. The zero-order valence-corrected chi connectivity index (χ0v) is 14.3. The fourth-order valence-electron chi connectivity index (χ4n) is 2.31. The highest BCUT2D eigenvalue weighted by atomic mass is 32.2. The summed E-state index contributed by atoms with van der Waals surface area (Å²) in [6.07, 6.45) is 4.85. The van der Waals surface area contributed by atoms with Gasteiger partial charge in [-0.1, -0.05) is 13.8 Å². The van der Waals surface area contributed by atoms with Crippen LogP contribution in [0.25, 0.3) is 0 Å². The molecule has 0 saturated heterocycles. The summed E-state index contributed by atoms with van der Waals surface area (Å²) in [6, 6.07) is 8.02. The standard InChI is InChI=1S/C16H21N3O3S/c1-4-13(5-2)19-11-10-15(18-19)16(20)17-12-6-8-14(9-7-12)23(3,21)22/h6-11,13H,4-5H2,1-3H3,(H,17,20). The Morgan fingerprint density at radius 3 is 2.30 bits per heavy atom. The van der Waals surface area contributed by atoms with Crippen molar-refractivity contribution in [1.29, 1.82) is 0 Å². The zero-order chi connectivity index (χ0) is 17.0. The highest BCUT2D eigenvalue weighted by Crippen LogP contribution is 2.16. The molecule has 0 bridgehead atoms. The molecule has 2 aromatic rings. The first-order valence-electron chi connectivity index (χ1n) is 7.51. The highest BCUT2D eigenvalue weighted by Gasteiger charge is 2.14. The summed E-state index contributed by atoms with van der Waals surface area (Å²) in [5, 5.41) is 7.03. The van der Waals surface area contributed by atoms with Gasteiger partial charge in [-0.25, -0.2) is 8.42 Å². The molecule has 0 aliphatic rings. The molecule has 0 atom stereocenters. The first kappa shape index (κ1) is 17.2. The number of rotatable bonds is 6. The number of aromatic nitrogens is 2. The highest BCUT2D eigenvalue weighted by molar-refractivity contribution is 7.90. The second-order valence-corrected chi connectivity index (χ2v) is 7.42. The summed E-state index contributed by atoms with van der Waals surface area (Å²) >= 11 is 0. The Morgan fingerprint density at radius 2 is 1.78 bits per heavy atom. The average Bonchev–Trinajstić information content (AvgIpc) is 2.98. The Kier molecular flexibility index (Phi) is 5.20. The molecule has 0 aliphatic carbocycles. The van der Waals surface area contributed by atoms with Crippen LogP contribution in [-0.2, 0) is 9.84 Å². The van der Waals surface area contributed by atoms with Gasteiger partial charge in [0.2, 0.25) is 0 Å². The molecule has 0 fully saturated rings. The molecule has 0 saturated carbocycles. The number of carbonyl (C=O) groups excluding carboxylic acids is 1. The van der Waals surface area contributed by atoms with Crippen LogP contribution in [-0.4, -0.2) is 30.4 Å². The number of nitrogens with one attached hydrogen (secondary N) is 1. The van der Waals surface area contributed by atoms with E-state index in [1.165, 1.54) is 12.1 Å². The molecule has 2 rings (SSSR count). The molecule has 23 heavy (non-hydrogen) atoms. The number of anilines is 1. The molecule has 0 spiro atoms. The lowest BCUT2D eigenvalue weighted by atomic mass is 10.2. The molecule has 124 valence electrons. The van der Waals surface area contributed by atoms with Gasteiger partial charge < -0.3 is 5.32 Å². The third-order valence-electron chi connectivity index (χ3n) is 3.70. The van der Waals surface area contributed by atoms with Crippen molar-refractivity contribution in [3.05, 3.63) is 42.2 Å². The van der Waals surface area contributed by atoms with Gasteiger partial charge in [-0.2, -0.15) is 5.10 Å². The van der Waals surface area contributed by atoms with Gasteiger partial charge >= 0.3 is 0 Å². The first-order valence-corrected chi connectivity index (χ1v) is 9.41. The van der Waals surface area contributed by atoms with Crippen LogP contribution in [0, 0.1) is 0 Å². The van der Waals surface area contributed by atoms with Gasteiger partial charge in [0.05, 0.1) is 10.9 Å². The summed E-state index contributed by atoms with van der Waals surface area (Å²) in [4.78, 5) is 12.4. The van der Waals surface area contributed by atoms with Gasteiger partial charge in [0.1, 0.15) is 0 Å². The van der Waals surface area contributed by atoms with E-state index in [0.29, 0.717) is 11.4 Å². The van der Waals surface area contributed by atoms with Gasteiger partial charge in [0.15, 0.2) is 15.5 Å². The molecule has 1 amide bonds. The van der Waals surface area contributed by atoms with Crippen LogP contribution in [0.1, 0.15) is 43.2 Å². The molecule has 6 nitrogen and oxygen atoms in total.